The number of carbonyl (C=O) groups excluding carboxylic acids is 1. The number of likely N-dealkylation sites (N-methyl/N-ethyl adjacent to an activating group) is 1. The molecule has 0 unspecified atom stereocenters. The van der Waals surface area contributed by atoms with Crippen molar-refractivity contribution >= 4 is 12.0 Å². The van der Waals surface area contributed by atoms with Gasteiger partial charge in [0.15, 0.2) is 0 Å². The van der Waals surface area contributed by atoms with Crippen LogP contribution in [0.15, 0.2) is 24.3 Å². The number of anilines is 1. The Morgan fingerprint density at radius 2 is 2.33 bits per heavy atom. The molecule has 0 aliphatic rings. The van der Waals surface area contributed by atoms with E-state index in [1.165, 1.54) is 0 Å². The smallest absolute Gasteiger partial charge is 0.139 e. The highest BCUT2D eigenvalue weighted by atomic mass is 16.3. The second-order valence-electron chi connectivity index (χ2n) is 2.57. The summed E-state index contributed by atoms with van der Waals surface area (Å²) in [6.07, 6.45) is 0.823. The van der Waals surface area contributed by atoms with Crippen LogP contribution in [0.4, 0.5) is 5.69 Å². The first-order chi connectivity index (χ1) is 5.74. The van der Waals surface area contributed by atoms with Crippen molar-refractivity contribution < 1.29 is 9.90 Å². The molecule has 1 aromatic rings. The van der Waals surface area contributed by atoms with E-state index in [2.05, 4.69) is 0 Å². The van der Waals surface area contributed by atoms with Gasteiger partial charge in [-0.3, -0.25) is 0 Å². The van der Waals surface area contributed by atoms with Gasteiger partial charge in [0.2, 0.25) is 0 Å². The van der Waals surface area contributed by atoms with Crippen LogP contribution in [0.3, 0.4) is 0 Å². The highest BCUT2D eigenvalue weighted by Crippen LogP contribution is 2.17. The number of hydrogen-bond acceptors (Lipinski definition) is 3. The quantitative estimate of drug-likeness (QED) is 0.680. The normalized spacial score (nSPS) is 9.42. The number of nitrogens with zero attached hydrogens (tertiary/aromatic N) is 1. The molecule has 0 aromatic heterocycles. The van der Waals surface area contributed by atoms with E-state index in [0.717, 1.165) is 12.0 Å². The summed E-state index contributed by atoms with van der Waals surface area (Å²) >= 11 is 0. The standard InChI is InChI=1S/C9H11NO2/c1-10(5-6-11)8-3-2-4-9(12)7-8/h2-4,6-7,12H,5H2,1H3. The maximum Gasteiger partial charge on any atom is 0.139 e. The maximum atomic E-state index is 10.2. The van der Waals surface area contributed by atoms with Gasteiger partial charge >= 0.3 is 0 Å². The third kappa shape index (κ3) is 1.99. The molecule has 64 valence electrons. The summed E-state index contributed by atoms with van der Waals surface area (Å²) in [4.78, 5) is 11.9. The van der Waals surface area contributed by atoms with Gasteiger partial charge < -0.3 is 14.8 Å². The van der Waals surface area contributed by atoms with E-state index in [4.69, 9.17) is 5.11 Å². The average molecular weight is 165 g/mol. The Bertz CT molecular complexity index is 273. The molecule has 0 spiro atoms. The molecule has 1 aromatic carbocycles. The van der Waals surface area contributed by atoms with Gasteiger partial charge in [-0.25, -0.2) is 0 Å². The fourth-order valence-electron chi connectivity index (χ4n) is 0.948. The van der Waals surface area contributed by atoms with Crippen LogP contribution in [0.25, 0.3) is 0 Å². The number of phenols is 1. The van der Waals surface area contributed by atoms with E-state index < -0.39 is 0 Å². The van der Waals surface area contributed by atoms with Crippen molar-refractivity contribution in [1.29, 1.82) is 0 Å². The molecule has 0 fully saturated rings. The van der Waals surface area contributed by atoms with Crippen molar-refractivity contribution in [3.8, 4) is 5.75 Å². The van der Waals surface area contributed by atoms with E-state index in [9.17, 15) is 4.79 Å². The molecule has 12 heavy (non-hydrogen) atoms. The number of aromatic hydroxyl groups is 1. The minimum absolute atomic E-state index is 0.213. The molecular weight excluding hydrogens is 154 g/mol. The number of phenolic OH excluding ortho intramolecular Hbond substituents is 1. The fourth-order valence-corrected chi connectivity index (χ4v) is 0.948. The average Bonchev–Trinajstić information content (AvgIpc) is 2.05. The van der Waals surface area contributed by atoms with E-state index in [1.807, 2.05) is 6.07 Å². The zero-order valence-corrected chi connectivity index (χ0v) is 6.90. The molecular formula is C9H11NO2. The summed E-state index contributed by atoms with van der Waals surface area (Å²) in [5.74, 6) is 0.213. The molecule has 0 aliphatic carbocycles. The van der Waals surface area contributed by atoms with E-state index in [1.54, 1.807) is 30.1 Å². The van der Waals surface area contributed by atoms with Gasteiger partial charge in [0.05, 0.1) is 6.54 Å². The Kier molecular flexibility index (Phi) is 2.69. The van der Waals surface area contributed by atoms with Gasteiger partial charge in [-0.15, -0.1) is 0 Å². The first-order valence-electron chi connectivity index (χ1n) is 3.68. The maximum absolute atomic E-state index is 10.2. The van der Waals surface area contributed by atoms with E-state index in [-0.39, 0.29) is 5.75 Å². The number of carbonyl (C=O) groups is 1. The largest absolute Gasteiger partial charge is 0.508 e. The van der Waals surface area contributed by atoms with Crippen LogP contribution in [-0.2, 0) is 4.79 Å². The Balaban J connectivity index is 2.80. The number of rotatable bonds is 3. The van der Waals surface area contributed by atoms with Crippen molar-refractivity contribution in [2.45, 2.75) is 0 Å². The van der Waals surface area contributed by atoms with Gasteiger partial charge in [0.1, 0.15) is 12.0 Å². The zero-order valence-electron chi connectivity index (χ0n) is 6.90. The lowest BCUT2D eigenvalue weighted by molar-refractivity contribution is -0.106. The molecule has 0 radical (unpaired) electrons. The van der Waals surface area contributed by atoms with Crippen LogP contribution in [0.5, 0.6) is 5.75 Å². The topological polar surface area (TPSA) is 40.5 Å². The van der Waals surface area contributed by atoms with Crippen LogP contribution < -0.4 is 4.90 Å². The number of hydrogen-bond donors (Lipinski definition) is 1. The van der Waals surface area contributed by atoms with Crippen LogP contribution in [-0.4, -0.2) is 25.0 Å². The third-order valence-electron chi connectivity index (χ3n) is 1.62. The summed E-state index contributed by atoms with van der Waals surface area (Å²) < 4.78 is 0. The number of benzene rings is 1. The van der Waals surface area contributed by atoms with Gasteiger partial charge in [-0.05, 0) is 12.1 Å². The van der Waals surface area contributed by atoms with Gasteiger partial charge in [0, 0.05) is 18.8 Å². The lowest BCUT2D eigenvalue weighted by Gasteiger charge is -2.15. The van der Waals surface area contributed by atoms with Crippen LogP contribution in [0.1, 0.15) is 0 Å². The molecule has 0 aliphatic heterocycles. The minimum Gasteiger partial charge on any atom is -0.508 e. The van der Waals surface area contributed by atoms with Crippen LogP contribution in [0.2, 0.25) is 0 Å². The molecule has 0 saturated carbocycles. The van der Waals surface area contributed by atoms with Crippen molar-refractivity contribution in [3.63, 3.8) is 0 Å². The van der Waals surface area contributed by atoms with E-state index in [0.29, 0.717) is 6.54 Å². The molecule has 0 heterocycles. The summed E-state index contributed by atoms with van der Waals surface area (Å²) in [6, 6.07) is 6.79. The minimum atomic E-state index is 0.213. The monoisotopic (exact) mass is 165 g/mol. The molecule has 0 amide bonds. The van der Waals surface area contributed by atoms with Crippen molar-refractivity contribution in [1.82, 2.24) is 0 Å². The highest BCUT2D eigenvalue weighted by Gasteiger charge is 1.98. The Hall–Kier alpha value is -1.51. The SMILES string of the molecule is CN(CC=O)c1cccc(O)c1. The van der Waals surface area contributed by atoms with Gasteiger partial charge in [0.25, 0.3) is 0 Å². The summed E-state index contributed by atoms with van der Waals surface area (Å²) in [5, 5.41) is 9.12. The summed E-state index contributed by atoms with van der Waals surface area (Å²) in [5.41, 5.74) is 0.835. The fraction of sp³-hybridized carbons (Fsp3) is 0.222. The van der Waals surface area contributed by atoms with Crippen LogP contribution >= 0.6 is 0 Å². The lowest BCUT2D eigenvalue weighted by atomic mass is 10.3. The van der Waals surface area contributed by atoms with Gasteiger partial charge in [-0.1, -0.05) is 6.07 Å². The van der Waals surface area contributed by atoms with Crippen molar-refractivity contribution in [2.24, 2.45) is 0 Å². The first-order valence-corrected chi connectivity index (χ1v) is 3.68. The Labute approximate surface area is 71.2 Å². The van der Waals surface area contributed by atoms with Crippen molar-refractivity contribution in [3.05, 3.63) is 24.3 Å². The second-order valence-corrected chi connectivity index (χ2v) is 2.57. The Morgan fingerprint density at radius 1 is 1.58 bits per heavy atom. The predicted molar refractivity (Wildman–Crippen MR) is 47.4 cm³/mol. The first kappa shape index (κ1) is 8.59. The zero-order chi connectivity index (χ0) is 8.97. The molecule has 0 bridgehead atoms. The molecule has 0 saturated heterocycles. The summed E-state index contributed by atoms with van der Waals surface area (Å²) in [7, 11) is 1.79. The number of aldehydes is 1. The molecule has 0 atom stereocenters. The Morgan fingerprint density at radius 3 is 2.92 bits per heavy atom. The molecule has 1 rings (SSSR count). The second kappa shape index (κ2) is 3.76. The molecule has 3 heteroatoms. The lowest BCUT2D eigenvalue weighted by Crippen LogP contribution is -2.18. The highest BCUT2D eigenvalue weighted by molar-refractivity contribution is 5.61. The van der Waals surface area contributed by atoms with E-state index >= 15 is 0 Å². The van der Waals surface area contributed by atoms with Crippen LogP contribution in [0, 0.1) is 0 Å². The third-order valence-corrected chi connectivity index (χ3v) is 1.62. The predicted octanol–water partition coefficient (Wildman–Crippen LogP) is 1.03. The summed E-state index contributed by atoms with van der Waals surface area (Å²) in [6.45, 7) is 0.337. The molecule has 3 nitrogen and oxygen atoms in total. The molecule has 1 N–H and O–H groups in total. The van der Waals surface area contributed by atoms with Crippen molar-refractivity contribution in [2.75, 3.05) is 18.5 Å². The van der Waals surface area contributed by atoms with Gasteiger partial charge in [-0.2, -0.15) is 0 Å².